The van der Waals surface area contributed by atoms with Crippen LogP contribution in [0, 0.1) is 0 Å². The second kappa shape index (κ2) is 6.39. The van der Waals surface area contributed by atoms with Crippen molar-refractivity contribution in [3.05, 3.63) is 0 Å². The second-order valence-corrected chi connectivity index (χ2v) is 6.47. The zero-order valence-electron chi connectivity index (χ0n) is 9.04. The van der Waals surface area contributed by atoms with Crippen molar-refractivity contribution in [2.75, 3.05) is 6.54 Å². The molecule has 0 saturated heterocycles. The van der Waals surface area contributed by atoms with Gasteiger partial charge in [0.25, 0.3) is 0 Å². The quantitative estimate of drug-likeness (QED) is 0.435. The summed E-state index contributed by atoms with van der Waals surface area (Å²) in [7, 11) is 0. The predicted octanol–water partition coefficient (Wildman–Crippen LogP) is 3.98. The number of halogens is 4. The van der Waals surface area contributed by atoms with Crippen LogP contribution in [-0.2, 0) is 0 Å². The lowest BCUT2D eigenvalue weighted by Crippen LogP contribution is -2.45. The van der Waals surface area contributed by atoms with E-state index in [2.05, 4.69) is 12.0 Å². The number of alkyl halides is 3. The summed E-state index contributed by atoms with van der Waals surface area (Å²) in [6.07, 6.45) is 5.51. The van der Waals surface area contributed by atoms with E-state index < -0.39 is 9.96 Å². The Morgan fingerprint density at radius 3 is 2.50 bits per heavy atom. The molecule has 3 nitrogen and oxygen atoms in total. The molecule has 0 fully saturated rings. The van der Waals surface area contributed by atoms with E-state index in [0.717, 1.165) is 19.4 Å². The van der Waals surface area contributed by atoms with Gasteiger partial charge in [-0.1, -0.05) is 61.0 Å². The van der Waals surface area contributed by atoms with Crippen LogP contribution in [0.3, 0.4) is 0 Å². The topological polar surface area (TPSA) is 18.8 Å². The predicted molar refractivity (Wildman–Crippen MR) is 71.1 cm³/mol. The normalized spacial score (nSPS) is 20.9. The molecule has 0 aromatic rings. The zero-order chi connectivity index (χ0) is 12.2. The maximum absolute atomic E-state index is 5.89. The molecule has 0 spiro atoms. The first kappa shape index (κ1) is 14.5. The van der Waals surface area contributed by atoms with Crippen LogP contribution in [-0.4, -0.2) is 32.3 Å². The van der Waals surface area contributed by atoms with E-state index in [-0.39, 0.29) is 0 Å². The fourth-order valence-electron chi connectivity index (χ4n) is 1.56. The van der Waals surface area contributed by atoms with Gasteiger partial charge in [-0.05, 0) is 6.42 Å². The van der Waals surface area contributed by atoms with Crippen LogP contribution in [0.5, 0.6) is 0 Å². The number of hydrogen-bond donors (Lipinski definition) is 0. The maximum Gasteiger partial charge on any atom is 0.231 e. The molecule has 1 atom stereocenters. The monoisotopic (exact) mass is 305 g/mol. The van der Waals surface area contributed by atoms with Crippen molar-refractivity contribution in [3.8, 4) is 0 Å². The first-order chi connectivity index (χ1) is 7.46. The van der Waals surface area contributed by atoms with Crippen molar-refractivity contribution in [2.24, 2.45) is 5.10 Å². The van der Waals surface area contributed by atoms with Gasteiger partial charge in [0.2, 0.25) is 3.79 Å². The molecule has 1 aliphatic rings. The van der Waals surface area contributed by atoms with Crippen LogP contribution in [0.25, 0.3) is 0 Å². The van der Waals surface area contributed by atoms with Crippen LogP contribution in [0.4, 0.5) is 0 Å². The highest BCUT2D eigenvalue weighted by molar-refractivity contribution is 6.68. The molecule has 1 rings (SSSR count). The Labute approximate surface area is 116 Å². The van der Waals surface area contributed by atoms with Crippen LogP contribution in [0.2, 0.25) is 0 Å². The average molecular weight is 307 g/mol. The molecule has 0 aromatic heterocycles. The lowest BCUT2D eigenvalue weighted by atomic mass is 10.2. The minimum Gasteiger partial charge on any atom is -0.267 e. The van der Waals surface area contributed by atoms with Crippen molar-refractivity contribution in [1.82, 2.24) is 9.43 Å². The van der Waals surface area contributed by atoms with Gasteiger partial charge in [-0.3, -0.25) is 5.01 Å². The molecule has 1 heterocycles. The first-order valence-corrected chi connectivity index (χ1v) is 6.75. The summed E-state index contributed by atoms with van der Waals surface area (Å²) < 4.78 is -0.171. The van der Waals surface area contributed by atoms with Gasteiger partial charge in [0, 0.05) is 18.3 Å². The third-order valence-electron chi connectivity index (χ3n) is 2.36. The van der Waals surface area contributed by atoms with Gasteiger partial charge >= 0.3 is 0 Å². The lowest BCUT2D eigenvalue weighted by Gasteiger charge is -2.31. The summed E-state index contributed by atoms with van der Waals surface area (Å²) in [4.78, 5) is 0. The van der Waals surface area contributed by atoms with Crippen molar-refractivity contribution in [2.45, 2.75) is 42.6 Å². The first-order valence-electron chi connectivity index (χ1n) is 5.28. The van der Waals surface area contributed by atoms with Crippen molar-refractivity contribution in [3.63, 3.8) is 0 Å². The Morgan fingerprint density at radius 2 is 1.94 bits per heavy atom. The Balaban J connectivity index is 2.43. The van der Waals surface area contributed by atoms with Crippen LogP contribution < -0.4 is 0 Å². The highest BCUT2D eigenvalue weighted by Crippen LogP contribution is 2.37. The molecule has 0 saturated carbocycles. The summed E-state index contributed by atoms with van der Waals surface area (Å²) >= 11 is 23.4. The lowest BCUT2D eigenvalue weighted by molar-refractivity contribution is 0.174. The largest absolute Gasteiger partial charge is 0.267 e. The van der Waals surface area contributed by atoms with Gasteiger partial charge in [0.05, 0.1) is 0 Å². The van der Waals surface area contributed by atoms with E-state index in [1.165, 1.54) is 23.6 Å². The summed E-state index contributed by atoms with van der Waals surface area (Å²) in [5.74, 6) is 0. The number of nitrogens with zero attached hydrogens (tertiary/aromatic N) is 3. The van der Waals surface area contributed by atoms with E-state index >= 15 is 0 Å². The number of rotatable bonds is 5. The Morgan fingerprint density at radius 1 is 1.25 bits per heavy atom. The third kappa shape index (κ3) is 4.02. The number of hydrogen-bond acceptors (Lipinski definition) is 3. The molecule has 0 N–H and O–H groups in total. The molecular formula is C9H15Cl4N3. The van der Waals surface area contributed by atoms with Gasteiger partial charge < -0.3 is 0 Å². The molecule has 0 amide bonds. The minimum atomic E-state index is -1.47. The summed E-state index contributed by atoms with van der Waals surface area (Å²) in [6.45, 7) is 2.91. The van der Waals surface area contributed by atoms with Crippen molar-refractivity contribution < 1.29 is 0 Å². The smallest absolute Gasteiger partial charge is 0.231 e. The Bertz CT molecular complexity index is 241. The minimum absolute atomic E-state index is 0.527. The van der Waals surface area contributed by atoms with Gasteiger partial charge in [-0.2, -0.15) is 5.10 Å². The van der Waals surface area contributed by atoms with E-state index in [9.17, 15) is 0 Å². The highest BCUT2D eigenvalue weighted by Gasteiger charge is 2.43. The second-order valence-electron chi connectivity index (χ2n) is 3.71. The fraction of sp³-hybridized carbons (Fsp3) is 0.889. The highest BCUT2D eigenvalue weighted by atomic mass is 35.6. The van der Waals surface area contributed by atoms with Gasteiger partial charge in [-0.15, -0.1) is 0 Å². The third-order valence-corrected chi connectivity index (χ3v) is 3.22. The summed E-state index contributed by atoms with van der Waals surface area (Å²) in [5.41, 5.74) is 0. The fourth-order valence-corrected chi connectivity index (χ4v) is 2.65. The molecule has 0 aliphatic carbocycles. The summed E-state index contributed by atoms with van der Waals surface area (Å²) in [6, 6.07) is 0. The molecule has 94 valence electrons. The molecule has 0 aromatic carbocycles. The van der Waals surface area contributed by atoms with E-state index in [4.69, 9.17) is 46.6 Å². The molecule has 0 bridgehead atoms. The zero-order valence-corrected chi connectivity index (χ0v) is 12.1. The molecule has 0 radical (unpaired) electrons. The van der Waals surface area contributed by atoms with Gasteiger partial charge in [-0.25, -0.2) is 4.42 Å². The van der Waals surface area contributed by atoms with E-state index in [1.54, 1.807) is 5.01 Å². The van der Waals surface area contributed by atoms with Crippen LogP contribution >= 0.6 is 46.6 Å². The molecule has 1 aliphatic heterocycles. The van der Waals surface area contributed by atoms with E-state index in [0.29, 0.717) is 0 Å². The van der Waals surface area contributed by atoms with Crippen molar-refractivity contribution in [1.29, 1.82) is 0 Å². The van der Waals surface area contributed by atoms with Crippen LogP contribution in [0.1, 0.15) is 32.6 Å². The van der Waals surface area contributed by atoms with Gasteiger partial charge in [0.1, 0.15) is 6.34 Å². The maximum atomic E-state index is 5.89. The van der Waals surface area contributed by atoms with E-state index in [1.807, 2.05) is 0 Å². The van der Waals surface area contributed by atoms with Gasteiger partial charge in [0.15, 0.2) is 6.17 Å². The molecular weight excluding hydrogens is 292 g/mol. The van der Waals surface area contributed by atoms with Crippen LogP contribution in [0.15, 0.2) is 5.10 Å². The summed E-state index contributed by atoms with van der Waals surface area (Å²) in [5, 5.41) is 5.83. The Kier molecular flexibility index (Phi) is 5.78. The Hall–Kier alpha value is 0.430. The standard InChI is InChI=1S/C9H15Cl4N3/c1-2-3-4-5-6-16-8(9(10,11)12)15(13)7-14-16/h7-8H,2-6H2,1H3. The van der Waals surface area contributed by atoms with Crippen molar-refractivity contribution >= 4 is 52.9 Å². The molecule has 1 unspecified atom stereocenters. The SMILES string of the molecule is CCCCCCN1N=CN(Cl)C1C(Cl)(Cl)Cl. The number of hydrazone groups is 1. The molecule has 7 heteroatoms. The average Bonchev–Trinajstić information content (AvgIpc) is 2.54. The molecule has 16 heavy (non-hydrogen) atoms. The number of unbranched alkanes of at least 4 members (excludes halogenated alkanes) is 3.